The SMILES string of the molecule is CCC(C)(CO)Nc1ccc(C(F)(F)F)cc1C#N. The molecule has 1 unspecified atom stereocenters. The number of halogens is 3. The van der Waals surface area contributed by atoms with Crippen molar-refractivity contribution in [2.45, 2.75) is 32.0 Å². The highest BCUT2D eigenvalue weighted by atomic mass is 19.4. The molecule has 2 N–H and O–H groups in total. The molecule has 0 heterocycles. The Morgan fingerprint density at radius 1 is 1.37 bits per heavy atom. The Kier molecular flexibility index (Phi) is 4.43. The van der Waals surface area contributed by atoms with Gasteiger partial charge in [-0.3, -0.25) is 0 Å². The second-order valence-electron chi connectivity index (χ2n) is 4.57. The maximum atomic E-state index is 12.5. The summed E-state index contributed by atoms with van der Waals surface area (Å²) in [6, 6.07) is 4.66. The number of benzene rings is 1. The zero-order valence-corrected chi connectivity index (χ0v) is 10.7. The van der Waals surface area contributed by atoms with E-state index in [4.69, 9.17) is 5.26 Å². The first-order chi connectivity index (χ1) is 8.75. The lowest BCUT2D eigenvalue weighted by Gasteiger charge is -2.29. The normalized spacial score (nSPS) is 14.6. The minimum absolute atomic E-state index is 0.0945. The Hall–Kier alpha value is -1.74. The van der Waals surface area contributed by atoms with Crippen LogP contribution in [0.15, 0.2) is 18.2 Å². The van der Waals surface area contributed by atoms with E-state index < -0.39 is 17.3 Å². The first kappa shape index (κ1) is 15.3. The maximum absolute atomic E-state index is 12.5. The Labute approximate surface area is 109 Å². The average molecular weight is 272 g/mol. The Morgan fingerprint density at radius 3 is 2.42 bits per heavy atom. The van der Waals surface area contributed by atoms with Crippen LogP contribution in [0.1, 0.15) is 31.4 Å². The number of anilines is 1. The molecule has 0 saturated heterocycles. The van der Waals surface area contributed by atoms with Crippen molar-refractivity contribution in [3.8, 4) is 6.07 Å². The molecule has 1 atom stereocenters. The quantitative estimate of drug-likeness (QED) is 0.885. The van der Waals surface area contributed by atoms with Gasteiger partial charge in [0, 0.05) is 0 Å². The smallest absolute Gasteiger partial charge is 0.394 e. The van der Waals surface area contributed by atoms with E-state index in [1.807, 2.05) is 6.92 Å². The molecule has 0 aliphatic heterocycles. The summed E-state index contributed by atoms with van der Waals surface area (Å²) in [6.07, 6.45) is -3.91. The van der Waals surface area contributed by atoms with Gasteiger partial charge in [-0.05, 0) is 31.5 Å². The molecule has 0 saturated carbocycles. The lowest BCUT2D eigenvalue weighted by molar-refractivity contribution is -0.137. The van der Waals surface area contributed by atoms with Gasteiger partial charge in [0.15, 0.2) is 0 Å². The molecule has 0 bridgehead atoms. The summed E-state index contributed by atoms with van der Waals surface area (Å²) < 4.78 is 37.6. The van der Waals surface area contributed by atoms with E-state index in [1.54, 1.807) is 13.0 Å². The van der Waals surface area contributed by atoms with E-state index >= 15 is 0 Å². The zero-order chi connectivity index (χ0) is 14.7. The van der Waals surface area contributed by atoms with Crippen molar-refractivity contribution in [1.29, 1.82) is 5.26 Å². The van der Waals surface area contributed by atoms with Crippen molar-refractivity contribution in [2.75, 3.05) is 11.9 Å². The van der Waals surface area contributed by atoms with Gasteiger partial charge in [0.25, 0.3) is 0 Å². The van der Waals surface area contributed by atoms with Crippen LogP contribution in [0.2, 0.25) is 0 Å². The van der Waals surface area contributed by atoms with Crippen LogP contribution >= 0.6 is 0 Å². The summed E-state index contributed by atoms with van der Waals surface area (Å²) in [4.78, 5) is 0. The van der Waals surface area contributed by atoms with E-state index in [0.29, 0.717) is 6.42 Å². The number of rotatable bonds is 4. The van der Waals surface area contributed by atoms with Gasteiger partial charge in [-0.15, -0.1) is 0 Å². The highest BCUT2D eigenvalue weighted by Gasteiger charge is 2.31. The van der Waals surface area contributed by atoms with Crippen LogP contribution in [0.5, 0.6) is 0 Å². The van der Waals surface area contributed by atoms with E-state index in [1.165, 1.54) is 6.07 Å². The highest BCUT2D eigenvalue weighted by Crippen LogP contribution is 2.32. The number of nitrogens with zero attached hydrogens (tertiary/aromatic N) is 1. The average Bonchev–Trinajstić information content (AvgIpc) is 2.37. The molecule has 0 spiro atoms. The number of nitrogens with one attached hydrogen (secondary N) is 1. The van der Waals surface area contributed by atoms with Crippen molar-refractivity contribution < 1.29 is 18.3 Å². The van der Waals surface area contributed by atoms with Gasteiger partial charge in [0.1, 0.15) is 6.07 Å². The number of hydrogen-bond acceptors (Lipinski definition) is 3. The maximum Gasteiger partial charge on any atom is 0.416 e. The zero-order valence-electron chi connectivity index (χ0n) is 10.7. The molecule has 1 aromatic rings. The van der Waals surface area contributed by atoms with Gasteiger partial charge in [-0.2, -0.15) is 18.4 Å². The molecule has 0 fully saturated rings. The topological polar surface area (TPSA) is 56.0 Å². The molecular formula is C13H15F3N2O. The molecule has 6 heteroatoms. The highest BCUT2D eigenvalue weighted by molar-refractivity contribution is 5.60. The van der Waals surface area contributed by atoms with Crippen LogP contribution in [0, 0.1) is 11.3 Å². The van der Waals surface area contributed by atoms with Gasteiger partial charge in [0.05, 0.1) is 29.0 Å². The largest absolute Gasteiger partial charge is 0.416 e. The Balaban J connectivity index is 3.15. The van der Waals surface area contributed by atoms with Crippen molar-refractivity contribution in [3.05, 3.63) is 29.3 Å². The molecule has 0 amide bonds. The van der Waals surface area contributed by atoms with Crippen molar-refractivity contribution in [1.82, 2.24) is 0 Å². The molecule has 1 aromatic carbocycles. The van der Waals surface area contributed by atoms with E-state index in [2.05, 4.69) is 5.32 Å². The van der Waals surface area contributed by atoms with Gasteiger partial charge < -0.3 is 10.4 Å². The fourth-order valence-electron chi connectivity index (χ4n) is 1.49. The fraction of sp³-hybridized carbons (Fsp3) is 0.462. The van der Waals surface area contributed by atoms with Crippen LogP contribution in [0.25, 0.3) is 0 Å². The molecular weight excluding hydrogens is 257 g/mol. The number of hydrogen-bond donors (Lipinski definition) is 2. The van der Waals surface area contributed by atoms with Crippen LogP contribution in [0.3, 0.4) is 0 Å². The first-order valence-corrected chi connectivity index (χ1v) is 5.76. The van der Waals surface area contributed by atoms with Gasteiger partial charge in [0.2, 0.25) is 0 Å². The molecule has 1 rings (SSSR count). The molecule has 3 nitrogen and oxygen atoms in total. The predicted molar refractivity (Wildman–Crippen MR) is 65.6 cm³/mol. The third-order valence-corrected chi connectivity index (χ3v) is 3.03. The molecule has 0 aromatic heterocycles. The summed E-state index contributed by atoms with van der Waals surface area (Å²) in [5, 5.41) is 21.1. The van der Waals surface area contributed by atoms with Crippen molar-refractivity contribution in [2.24, 2.45) is 0 Å². The standard InChI is InChI=1S/C13H15F3N2O/c1-3-12(2,8-19)18-11-5-4-10(13(14,15)16)6-9(11)7-17/h4-6,18-19H,3,8H2,1-2H3. The Morgan fingerprint density at radius 2 is 2.00 bits per heavy atom. The molecule has 104 valence electrons. The van der Waals surface area contributed by atoms with Crippen molar-refractivity contribution in [3.63, 3.8) is 0 Å². The van der Waals surface area contributed by atoms with E-state index in [9.17, 15) is 18.3 Å². The van der Waals surface area contributed by atoms with Gasteiger partial charge in [-0.1, -0.05) is 6.92 Å². The molecule has 19 heavy (non-hydrogen) atoms. The molecule has 0 aliphatic rings. The summed E-state index contributed by atoms with van der Waals surface area (Å²) in [5.74, 6) is 0. The van der Waals surface area contributed by atoms with Crippen LogP contribution in [-0.4, -0.2) is 17.3 Å². The number of aliphatic hydroxyl groups is 1. The molecule has 0 aliphatic carbocycles. The number of alkyl halides is 3. The fourth-order valence-corrected chi connectivity index (χ4v) is 1.49. The first-order valence-electron chi connectivity index (χ1n) is 5.76. The van der Waals surface area contributed by atoms with Crippen LogP contribution in [-0.2, 0) is 6.18 Å². The second kappa shape index (κ2) is 5.49. The lowest BCUT2D eigenvalue weighted by atomic mass is 9.98. The summed E-state index contributed by atoms with van der Waals surface area (Å²) in [7, 11) is 0. The lowest BCUT2D eigenvalue weighted by Crippen LogP contribution is -2.38. The predicted octanol–water partition coefficient (Wildman–Crippen LogP) is 3.15. The summed E-state index contributed by atoms with van der Waals surface area (Å²) >= 11 is 0. The van der Waals surface area contributed by atoms with Crippen LogP contribution in [0.4, 0.5) is 18.9 Å². The minimum atomic E-state index is -4.48. The van der Waals surface area contributed by atoms with Crippen molar-refractivity contribution >= 4 is 5.69 Å². The third-order valence-electron chi connectivity index (χ3n) is 3.03. The third kappa shape index (κ3) is 3.61. The number of aliphatic hydroxyl groups excluding tert-OH is 1. The monoisotopic (exact) mass is 272 g/mol. The Bertz CT molecular complexity index is 488. The minimum Gasteiger partial charge on any atom is -0.394 e. The summed E-state index contributed by atoms with van der Waals surface area (Å²) in [5.41, 5.74) is -1.35. The number of nitriles is 1. The second-order valence-corrected chi connectivity index (χ2v) is 4.57. The van der Waals surface area contributed by atoms with Gasteiger partial charge in [-0.25, -0.2) is 0 Å². The summed E-state index contributed by atoms with van der Waals surface area (Å²) in [6.45, 7) is 3.38. The molecule has 0 radical (unpaired) electrons. The van der Waals surface area contributed by atoms with Gasteiger partial charge >= 0.3 is 6.18 Å². The van der Waals surface area contributed by atoms with E-state index in [0.717, 1.165) is 12.1 Å². The van der Waals surface area contributed by atoms with Crippen LogP contribution < -0.4 is 5.32 Å². The van der Waals surface area contributed by atoms with E-state index in [-0.39, 0.29) is 17.9 Å².